The van der Waals surface area contributed by atoms with Gasteiger partial charge < -0.3 is 4.42 Å². The van der Waals surface area contributed by atoms with Gasteiger partial charge in [-0.25, -0.2) is 4.98 Å². The minimum absolute atomic E-state index is 0.352. The molecular formula is C16H18N4OS. The van der Waals surface area contributed by atoms with Crippen LogP contribution in [0.15, 0.2) is 40.0 Å². The van der Waals surface area contributed by atoms with Crippen molar-refractivity contribution in [2.24, 2.45) is 5.10 Å². The second-order valence-corrected chi connectivity index (χ2v) is 5.84. The molecule has 1 aliphatic rings. The molecule has 1 saturated carbocycles. The summed E-state index contributed by atoms with van der Waals surface area (Å²) in [5, 5.41) is 7.33. The molecule has 0 saturated heterocycles. The van der Waals surface area contributed by atoms with Gasteiger partial charge in [-0.05, 0) is 37.5 Å². The first-order valence-electron chi connectivity index (χ1n) is 7.33. The fourth-order valence-corrected chi connectivity index (χ4v) is 2.31. The van der Waals surface area contributed by atoms with Crippen molar-refractivity contribution >= 4 is 29.6 Å². The summed E-state index contributed by atoms with van der Waals surface area (Å²) in [5.74, 6) is 1.45. The lowest BCUT2D eigenvalue weighted by molar-refractivity contribution is 0.351. The van der Waals surface area contributed by atoms with Crippen LogP contribution in [0, 0.1) is 6.92 Å². The van der Waals surface area contributed by atoms with E-state index in [1.165, 1.54) is 24.8 Å². The summed E-state index contributed by atoms with van der Waals surface area (Å²) in [5.41, 5.74) is 4.97. The van der Waals surface area contributed by atoms with Crippen LogP contribution in [0.3, 0.4) is 0 Å². The Morgan fingerprint density at radius 1 is 1.36 bits per heavy atom. The molecule has 22 heavy (non-hydrogen) atoms. The largest absolute Gasteiger partial charge is 0.428 e. The molecule has 3 rings (SSSR count). The van der Waals surface area contributed by atoms with Crippen LogP contribution in [0.5, 0.6) is 0 Å². The molecule has 1 aliphatic carbocycles. The van der Waals surface area contributed by atoms with E-state index in [0.29, 0.717) is 17.0 Å². The van der Waals surface area contributed by atoms with Crippen LogP contribution in [0.2, 0.25) is 0 Å². The van der Waals surface area contributed by atoms with Crippen LogP contribution < -0.4 is 10.7 Å². The maximum absolute atomic E-state index is 5.63. The lowest BCUT2D eigenvalue weighted by atomic mass is 9.84. The van der Waals surface area contributed by atoms with Crippen molar-refractivity contribution in [2.45, 2.75) is 32.1 Å². The minimum Gasteiger partial charge on any atom is -0.428 e. The zero-order valence-electron chi connectivity index (χ0n) is 12.4. The van der Waals surface area contributed by atoms with Crippen LogP contribution >= 0.6 is 12.2 Å². The summed E-state index contributed by atoms with van der Waals surface area (Å²) in [7, 11) is 0. The van der Waals surface area contributed by atoms with Crippen molar-refractivity contribution in [3.8, 4) is 0 Å². The quantitative estimate of drug-likeness (QED) is 0.513. The molecule has 0 spiro atoms. The van der Waals surface area contributed by atoms with E-state index in [9.17, 15) is 0 Å². The van der Waals surface area contributed by atoms with Gasteiger partial charge in [0.2, 0.25) is 0 Å². The second-order valence-electron chi connectivity index (χ2n) is 5.43. The summed E-state index contributed by atoms with van der Waals surface area (Å²) in [6, 6.07) is 8.47. The van der Waals surface area contributed by atoms with Crippen molar-refractivity contribution in [1.82, 2.24) is 10.4 Å². The molecule has 1 aromatic carbocycles. The average molecular weight is 314 g/mol. The Morgan fingerprint density at radius 3 is 2.82 bits per heavy atom. The van der Waals surface area contributed by atoms with Crippen LogP contribution in [0.25, 0.3) is 0 Å². The molecule has 1 fully saturated rings. The van der Waals surface area contributed by atoms with E-state index < -0.39 is 0 Å². The summed E-state index contributed by atoms with van der Waals surface area (Å²) >= 11 is 5.15. The van der Waals surface area contributed by atoms with E-state index in [0.717, 1.165) is 11.3 Å². The van der Waals surface area contributed by atoms with E-state index in [1.54, 1.807) is 12.4 Å². The molecule has 0 unspecified atom stereocenters. The molecule has 0 bridgehead atoms. The third kappa shape index (κ3) is 3.71. The number of hydrazone groups is 1. The molecule has 2 N–H and O–H groups in total. The monoisotopic (exact) mass is 314 g/mol. The molecule has 0 amide bonds. The van der Waals surface area contributed by atoms with E-state index in [2.05, 4.69) is 20.8 Å². The van der Waals surface area contributed by atoms with E-state index in [-0.39, 0.29) is 0 Å². The number of anilines is 1. The first-order chi connectivity index (χ1) is 10.7. The highest BCUT2D eigenvalue weighted by atomic mass is 32.1. The highest BCUT2D eigenvalue weighted by molar-refractivity contribution is 7.80. The number of nitrogens with one attached hydrogen (secondary N) is 2. The van der Waals surface area contributed by atoms with Gasteiger partial charge in [0.15, 0.2) is 5.11 Å². The van der Waals surface area contributed by atoms with Crippen LogP contribution in [0.1, 0.15) is 42.1 Å². The third-order valence-corrected chi connectivity index (χ3v) is 3.90. The number of benzene rings is 1. The van der Waals surface area contributed by atoms with Gasteiger partial charge in [-0.15, -0.1) is 0 Å². The van der Waals surface area contributed by atoms with Crippen molar-refractivity contribution < 1.29 is 4.42 Å². The lowest BCUT2D eigenvalue weighted by Gasteiger charge is -2.22. The van der Waals surface area contributed by atoms with Gasteiger partial charge in [-0.2, -0.15) is 5.10 Å². The topological polar surface area (TPSA) is 62.5 Å². The molecular weight excluding hydrogens is 296 g/mol. The highest BCUT2D eigenvalue weighted by Crippen LogP contribution is 2.36. The Kier molecular flexibility index (Phi) is 4.48. The maximum Gasteiger partial charge on any atom is 0.301 e. The first-order valence-corrected chi connectivity index (χ1v) is 7.74. The number of aryl methyl sites for hydroxylation is 1. The Labute approximate surface area is 134 Å². The number of rotatable bonds is 4. The van der Waals surface area contributed by atoms with E-state index >= 15 is 0 Å². The predicted octanol–water partition coefficient (Wildman–Crippen LogP) is 3.57. The SMILES string of the molecule is Cc1ccc(/C=N/NC(=S)Nc2ncc(C3CCC3)o2)cc1. The standard InChI is InChI=1S/C16H18N4OS/c1-11-5-7-12(8-6-11)9-18-20-16(22)19-15-17-10-14(21-15)13-3-2-4-13/h5-10,13H,2-4H2,1H3,(H2,17,19,20,22)/b18-9+. The maximum atomic E-state index is 5.63. The molecule has 1 heterocycles. The van der Waals surface area contributed by atoms with Crippen LogP contribution in [-0.4, -0.2) is 16.3 Å². The molecule has 0 atom stereocenters. The Bertz CT molecular complexity index is 674. The molecule has 1 aromatic heterocycles. The van der Waals surface area contributed by atoms with Gasteiger partial charge >= 0.3 is 6.01 Å². The first kappa shape index (κ1) is 14.7. The second kappa shape index (κ2) is 6.70. The van der Waals surface area contributed by atoms with Gasteiger partial charge in [0.05, 0.1) is 12.4 Å². The fourth-order valence-electron chi connectivity index (χ4n) is 2.17. The van der Waals surface area contributed by atoms with Crippen molar-refractivity contribution in [1.29, 1.82) is 0 Å². The zero-order chi connectivity index (χ0) is 15.4. The van der Waals surface area contributed by atoms with Crippen molar-refractivity contribution in [3.63, 3.8) is 0 Å². The fraction of sp³-hybridized carbons (Fsp3) is 0.312. The molecule has 0 radical (unpaired) electrons. The van der Waals surface area contributed by atoms with Gasteiger partial charge in [-0.3, -0.25) is 10.7 Å². The van der Waals surface area contributed by atoms with Gasteiger partial charge in [-0.1, -0.05) is 36.2 Å². The van der Waals surface area contributed by atoms with E-state index in [1.807, 2.05) is 31.2 Å². The number of hydrogen-bond acceptors (Lipinski definition) is 4. The molecule has 114 valence electrons. The van der Waals surface area contributed by atoms with Crippen molar-refractivity contribution in [3.05, 3.63) is 47.3 Å². The third-order valence-electron chi connectivity index (χ3n) is 3.71. The predicted molar refractivity (Wildman–Crippen MR) is 91.2 cm³/mol. The van der Waals surface area contributed by atoms with Gasteiger partial charge in [0, 0.05) is 5.92 Å². The normalized spacial score (nSPS) is 14.8. The molecule has 0 aliphatic heterocycles. The van der Waals surface area contributed by atoms with Crippen LogP contribution in [-0.2, 0) is 0 Å². The smallest absolute Gasteiger partial charge is 0.301 e. The van der Waals surface area contributed by atoms with Gasteiger partial charge in [0.25, 0.3) is 0 Å². The van der Waals surface area contributed by atoms with Gasteiger partial charge in [0.1, 0.15) is 5.76 Å². The Morgan fingerprint density at radius 2 is 2.14 bits per heavy atom. The summed E-state index contributed by atoms with van der Waals surface area (Å²) in [6.07, 6.45) is 7.10. The van der Waals surface area contributed by atoms with Crippen LogP contribution in [0.4, 0.5) is 6.01 Å². The number of nitrogens with zero attached hydrogens (tertiary/aromatic N) is 2. The summed E-state index contributed by atoms with van der Waals surface area (Å²) in [6.45, 7) is 2.05. The number of thiocarbonyl (C=S) groups is 1. The summed E-state index contributed by atoms with van der Waals surface area (Å²) < 4.78 is 5.63. The van der Waals surface area contributed by atoms with E-state index in [4.69, 9.17) is 16.6 Å². The molecule has 2 aromatic rings. The lowest BCUT2D eigenvalue weighted by Crippen LogP contribution is -2.24. The number of aromatic nitrogens is 1. The summed E-state index contributed by atoms with van der Waals surface area (Å²) in [4.78, 5) is 4.18. The average Bonchev–Trinajstić information content (AvgIpc) is 2.87. The zero-order valence-corrected chi connectivity index (χ0v) is 13.2. The molecule has 5 nitrogen and oxygen atoms in total. The molecule has 6 heteroatoms. The Hall–Kier alpha value is -2.21. The minimum atomic E-state index is 0.352. The number of hydrogen-bond donors (Lipinski definition) is 2. The van der Waals surface area contributed by atoms with Crippen molar-refractivity contribution in [2.75, 3.05) is 5.32 Å². The Balaban J connectivity index is 1.49. The highest BCUT2D eigenvalue weighted by Gasteiger charge is 2.23. The number of oxazole rings is 1.